The summed E-state index contributed by atoms with van der Waals surface area (Å²) >= 11 is 0. The average Bonchev–Trinajstić information content (AvgIpc) is 2.78. The quantitative estimate of drug-likeness (QED) is 0.210. The van der Waals surface area contributed by atoms with E-state index in [4.69, 9.17) is 16.2 Å². The zero-order valence-electron chi connectivity index (χ0n) is 20.4. The van der Waals surface area contributed by atoms with Crippen LogP contribution in [0.5, 0.6) is 0 Å². The summed E-state index contributed by atoms with van der Waals surface area (Å²) in [6, 6.07) is 4.12. The summed E-state index contributed by atoms with van der Waals surface area (Å²) in [6.45, 7) is 5.68. The Bertz CT molecular complexity index is 874. The maximum Gasteiger partial charge on any atom is 0.404 e. The Balaban J connectivity index is 2.89. The predicted octanol–water partition coefficient (Wildman–Crippen LogP) is 1.09. The fourth-order valence-electron chi connectivity index (χ4n) is 3.12. The number of carbonyl (C=O) groups excluding carboxylic acids is 5. The van der Waals surface area contributed by atoms with Crippen molar-refractivity contribution >= 4 is 35.5 Å². The molecule has 0 aliphatic rings. The number of urea groups is 1. The van der Waals surface area contributed by atoms with Crippen LogP contribution in [0.2, 0.25) is 0 Å². The SMILES string of the molecule is CCCC(=O)N[C@H](C(=O)N[C@@H](CCCNC(N)=O)C(=O)Nc1ccc(COC(N)=O)cc1)C(C)C. The van der Waals surface area contributed by atoms with Gasteiger partial charge in [0.15, 0.2) is 0 Å². The summed E-state index contributed by atoms with van der Waals surface area (Å²) < 4.78 is 4.72. The molecule has 0 fully saturated rings. The van der Waals surface area contributed by atoms with Crippen LogP contribution >= 0.6 is 0 Å². The van der Waals surface area contributed by atoms with Gasteiger partial charge in [0.25, 0.3) is 0 Å². The van der Waals surface area contributed by atoms with Crippen molar-refractivity contribution in [2.45, 2.75) is 65.1 Å². The van der Waals surface area contributed by atoms with E-state index < -0.39 is 36.0 Å². The summed E-state index contributed by atoms with van der Waals surface area (Å²) in [5.41, 5.74) is 11.2. The number of rotatable bonds is 14. The van der Waals surface area contributed by atoms with Gasteiger partial charge >= 0.3 is 12.1 Å². The molecule has 0 unspecified atom stereocenters. The molecule has 0 aromatic heterocycles. The number of carbonyl (C=O) groups is 5. The van der Waals surface area contributed by atoms with Crippen LogP contribution in [0.25, 0.3) is 0 Å². The zero-order valence-corrected chi connectivity index (χ0v) is 20.4. The van der Waals surface area contributed by atoms with Gasteiger partial charge in [-0.25, -0.2) is 9.59 Å². The lowest BCUT2D eigenvalue weighted by Gasteiger charge is -2.25. The third-order valence-corrected chi connectivity index (χ3v) is 4.95. The van der Waals surface area contributed by atoms with E-state index in [1.165, 1.54) is 0 Å². The van der Waals surface area contributed by atoms with E-state index in [0.717, 1.165) is 0 Å². The maximum atomic E-state index is 13.0. The molecule has 0 heterocycles. The minimum absolute atomic E-state index is 0.00452. The zero-order chi connectivity index (χ0) is 26.4. The number of nitrogens with two attached hydrogens (primary N) is 2. The smallest absolute Gasteiger partial charge is 0.404 e. The second kappa shape index (κ2) is 15.1. The van der Waals surface area contributed by atoms with Crippen molar-refractivity contribution in [2.24, 2.45) is 17.4 Å². The second-order valence-electron chi connectivity index (χ2n) is 8.33. The first-order chi connectivity index (χ1) is 16.5. The van der Waals surface area contributed by atoms with Gasteiger partial charge in [-0.05, 0) is 42.9 Å². The molecular weight excluding hydrogens is 456 g/mol. The fourth-order valence-corrected chi connectivity index (χ4v) is 3.12. The van der Waals surface area contributed by atoms with E-state index in [9.17, 15) is 24.0 Å². The van der Waals surface area contributed by atoms with Crippen LogP contribution in [0, 0.1) is 5.92 Å². The van der Waals surface area contributed by atoms with Crippen LogP contribution in [0.3, 0.4) is 0 Å². The maximum absolute atomic E-state index is 13.0. The standard InChI is InChI=1S/C23H36N6O6/c1-4-6-18(30)29-19(14(2)3)21(32)28-17(7-5-12-26-22(24)33)20(31)27-16-10-8-15(9-11-16)13-35-23(25)34/h8-11,14,17,19H,4-7,12-13H2,1-3H3,(H2,25,34)(H,27,31)(H,28,32)(H,29,30)(H3,24,26,33)/t17-,19-/m0/s1. The minimum Gasteiger partial charge on any atom is -0.445 e. The van der Waals surface area contributed by atoms with Crippen molar-refractivity contribution in [3.63, 3.8) is 0 Å². The first-order valence-corrected chi connectivity index (χ1v) is 11.5. The van der Waals surface area contributed by atoms with E-state index in [1.807, 2.05) is 6.92 Å². The molecule has 0 aliphatic carbocycles. The highest BCUT2D eigenvalue weighted by molar-refractivity contribution is 5.98. The molecule has 1 aromatic rings. The van der Waals surface area contributed by atoms with Crippen molar-refractivity contribution in [3.05, 3.63) is 29.8 Å². The summed E-state index contributed by atoms with van der Waals surface area (Å²) in [5.74, 6) is -1.40. The topological polar surface area (TPSA) is 195 Å². The fraction of sp³-hybridized carbons (Fsp3) is 0.522. The van der Waals surface area contributed by atoms with Crippen molar-refractivity contribution in [3.8, 4) is 0 Å². The summed E-state index contributed by atoms with van der Waals surface area (Å²) in [4.78, 5) is 59.6. The monoisotopic (exact) mass is 492 g/mol. The van der Waals surface area contributed by atoms with Crippen LogP contribution in [0.15, 0.2) is 24.3 Å². The number of anilines is 1. The Labute approximate surface area is 204 Å². The molecule has 2 atom stereocenters. The highest BCUT2D eigenvalue weighted by Gasteiger charge is 2.28. The summed E-state index contributed by atoms with van der Waals surface area (Å²) in [5, 5.41) is 10.6. The number of primary amides is 2. The normalized spacial score (nSPS) is 12.2. The molecule has 1 rings (SSSR count). The number of hydrogen-bond acceptors (Lipinski definition) is 6. The number of hydrogen-bond donors (Lipinski definition) is 6. The van der Waals surface area contributed by atoms with Gasteiger partial charge < -0.3 is 37.5 Å². The molecule has 8 N–H and O–H groups in total. The Morgan fingerprint density at radius 1 is 0.971 bits per heavy atom. The Hall–Kier alpha value is -3.83. The van der Waals surface area contributed by atoms with E-state index in [2.05, 4.69) is 21.3 Å². The minimum atomic E-state index is -0.931. The van der Waals surface area contributed by atoms with Crippen molar-refractivity contribution in [1.82, 2.24) is 16.0 Å². The van der Waals surface area contributed by atoms with Crippen LogP contribution in [-0.4, -0.2) is 48.5 Å². The van der Waals surface area contributed by atoms with E-state index >= 15 is 0 Å². The molecule has 194 valence electrons. The molecule has 0 bridgehead atoms. The Kier molecular flexibility index (Phi) is 12.6. The molecule has 12 heteroatoms. The summed E-state index contributed by atoms with van der Waals surface area (Å²) in [6.07, 6.45) is 0.635. The van der Waals surface area contributed by atoms with Crippen molar-refractivity contribution < 1.29 is 28.7 Å². The van der Waals surface area contributed by atoms with Crippen LogP contribution < -0.4 is 32.7 Å². The van der Waals surface area contributed by atoms with Gasteiger partial charge in [0.1, 0.15) is 18.7 Å². The second-order valence-corrected chi connectivity index (χ2v) is 8.33. The molecule has 0 saturated heterocycles. The lowest BCUT2D eigenvalue weighted by atomic mass is 10.0. The molecule has 0 aliphatic heterocycles. The van der Waals surface area contributed by atoms with E-state index in [0.29, 0.717) is 30.5 Å². The van der Waals surface area contributed by atoms with E-state index in [1.54, 1.807) is 38.1 Å². The van der Waals surface area contributed by atoms with Gasteiger partial charge in [-0.1, -0.05) is 32.9 Å². The van der Waals surface area contributed by atoms with Gasteiger partial charge in [-0.2, -0.15) is 0 Å². The highest BCUT2D eigenvalue weighted by Crippen LogP contribution is 2.12. The molecule has 35 heavy (non-hydrogen) atoms. The Morgan fingerprint density at radius 2 is 1.63 bits per heavy atom. The number of nitrogens with one attached hydrogen (secondary N) is 4. The van der Waals surface area contributed by atoms with Crippen LogP contribution in [0.1, 0.15) is 52.0 Å². The summed E-state index contributed by atoms with van der Waals surface area (Å²) in [7, 11) is 0. The molecule has 0 saturated carbocycles. The molecule has 12 nitrogen and oxygen atoms in total. The molecule has 0 spiro atoms. The number of benzene rings is 1. The molecular formula is C23H36N6O6. The largest absolute Gasteiger partial charge is 0.445 e. The van der Waals surface area contributed by atoms with Gasteiger partial charge in [0.2, 0.25) is 17.7 Å². The van der Waals surface area contributed by atoms with Crippen molar-refractivity contribution in [1.29, 1.82) is 0 Å². The van der Waals surface area contributed by atoms with Gasteiger partial charge in [0, 0.05) is 18.7 Å². The first kappa shape index (κ1) is 29.2. The first-order valence-electron chi connectivity index (χ1n) is 11.5. The lowest BCUT2D eigenvalue weighted by Crippen LogP contribution is -2.54. The lowest BCUT2D eigenvalue weighted by molar-refractivity contribution is -0.132. The number of ether oxygens (including phenoxy) is 1. The average molecular weight is 493 g/mol. The van der Waals surface area contributed by atoms with E-state index in [-0.39, 0.29) is 31.4 Å². The van der Waals surface area contributed by atoms with Gasteiger partial charge in [-0.3, -0.25) is 14.4 Å². The molecule has 1 aromatic carbocycles. The van der Waals surface area contributed by atoms with Crippen LogP contribution in [0.4, 0.5) is 15.3 Å². The van der Waals surface area contributed by atoms with Crippen LogP contribution in [-0.2, 0) is 25.7 Å². The Morgan fingerprint density at radius 3 is 2.17 bits per heavy atom. The highest BCUT2D eigenvalue weighted by atomic mass is 16.5. The predicted molar refractivity (Wildman–Crippen MR) is 130 cm³/mol. The third-order valence-electron chi connectivity index (χ3n) is 4.95. The number of amides is 6. The third kappa shape index (κ3) is 11.7. The van der Waals surface area contributed by atoms with Gasteiger partial charge in [0.05, 0.1) is 0 Å². The van der Waals surface area contributed by atoms with Gasteiger partial charge in [-0.15, -0.1) is 0 Å². The molecule has 6 amide bonds. The van der Waals surface area contributed by atoms with Crippen molar-refractivity contribution in [2.75, 3.05) is 11.9 Å². The molecule has 0 radical (unpaired) electrons.